The maximum Gasteiger partial charge on any atom is 0.131 e. The van der Waals surface area contributed by atoms with Crippen LogP contribution in [0.2, 0.25) is 0 Å². The Balaban J connectivity index is 2.56. The van der Waals surface area contributed by atoms with E-state index in [4.69, 9.17) is 5.73 Å². The van der Waals surface area contributed by atoms with Gasteiger partial charge in [-0.2, -0.15) is 5.10 Å². The van der Waals surface area contributed by atoms with Gasteiger partial charge in [-0.1, -0.05) is 6.92 Å². The van der Waals surface area contributed by atoms with Crippen molar-refractivity contribution in [3.8, 4) is 11.4 Å². The summed E-state index contributed by atoms with van der Waals surface area (Å²) >= 11 is 0. The van der Waals surface area contributed by atoms with Crippen molar-refractivity contribution >= 4 is 5.82 Å². The van der Waals surface area contributed by atoms with Crippen LogP contribution in [0.3, 0.4) is 0 Å². The zero-order valence-electron chi connectivity index (χ0n) is 10.4. The summed E-state index contributed by atoms with van der Waals surface area (Å²) in [7, 11) is 1.90. The topological polar surface area (TPSA) is 69.6 Å². The number of nitrogens with zero attached hydrogens (tertiary/aromatic N) is 4. The molecule has 0 radical (unpaired) electrons. The second kappa shape index (κ2) is 4.53. The van der Waals surface area contributed by atoms with Crippen molar-refractivity contribution in [2.75, 3.05) is 5.73 Å². The van der Waals surface area contributed by atoms with Crippen molar-refractivity contribution in [3.05, 3.63) is 23.7 Å². The first-order valence-electron chi connectivity index (χ1n) is 5.74. The first-order chi connectivity index (χ1) is 8.13. The van der Waals surface area contributed by atoms with Gasteiger partial charge in [0.05, 0.1) is 11.4 Å². The molecule has 0 saturated carbocycles. The highest BCUT2D eigenvalue weighted by Crippen LogP contribution is 2.23. The minimum atomic E-state index is 0.555. The van der Waals surface area contributed by atoms with Crippen LogP contribution in [-0.2, 0) is 13.5 Å². The average molecular weight is 231 g/mol. The summed E-state index contributed by atoms with van der Waals surface area (Å²) in [6.45, 7) is 4.04. The molecule has 0 aromatic carbocycles. The molecule has 0 spiro atoms. The summed E-state index contributed by atoms with van der Waals surface area (Å²) in [4.78, 5) is 8.87. The van der Waals surface area contributed by atoms with Crippen molar-refractivity contribution in [2.24, 2.45) is 7.05 Å². The van der Waals surface area contributed by atoms with Crippen LogP contribution in [0.4, 0.5) is 5.82 Å². The number of anilines is 1. The molecular weight excluding hydrogens is 214 g/mol. The highest BCUT2D eigenvalue weighted by molar-refractivity contribution is 5.64. The maximum absolute atomic E-state index is 5.93. The van der Waals surface area contributed by atoms with Crippen LogP contribution < -0.4 is 5.73 Å². The van der Waals surface area contributed by atoms with Crippen LogP contribution in [-0.4, -0.2) is 19.7 Å². The van der Waals surface area contributed by atoms with E-state index in [1.165, 1.54) is 0 Å². The van der Waals surface area contributed by atoms with E-state index in [-0.39, 0.29) is 0 Å². The predicted octanol–water partition coefficient (Wildman–Crippen LogP) is 1.72. The van der Waals surface area contributed by atoms with Gasteiger partial charge in [0.1, 0.15) is 11.6 Å². The highest BCUT2D eigenvalue weighted by atomic mass is 15.3. The molecule has 0 saturated heterocycles. The summed E-state index contributed by atoms with van der Waals surface area (Å²) in [5.74, 6) is 1.35. The summed E-state index contributed by atoms with van der Waals surface area (Å²) in [5.41, 5.74) is 8.68. The number of aromatic nitrogens is 4. The molecule has 2 rings (SSSR count). The molecule has 90 valence electrons. The van der Waals surface area contributed by atoms with E-state index in [0.717, 1.165) is 35.6 Å². The number of nitrogen functional groups attached to an aromatic ring is 1. The molecular formula is C12H17N5. The van der Waals surface area contributed by atoms with Gasteiger partial charge in [0.2, 0.25) is 0 Å². The maximum atomic E-state index is 5.93. The van der Waals surface area contributed by atoms with Gasteiger partial charge >= 0.3 is 0 Å². The van der Waals surface area contributed by atoms with E-state index in [1.807, 2.05) is 20.0 Å². The molecule has 0 bridgehead atoms. The lowest BCUT2D eigenvalue weighted by Crippen LogP contribution is -2.06. The molecule has 0 aliphatic heterocycles. The molecule has 5 heteroatoms. The van der Waals surface area contributed by atoms with Crippen molar-refractivity contribution < 1.29 is 0 Å². The molecule has 0 unspecified atom stereocenters. The summed E-state index contributed by atoms with van der Waals surface area (Å²) in [5, 5.41) is 4.15. The average Bonchev–Trinajstić information content (AvgIpc) is 2.70. The molecule has 0 amide bonds. The first kappa shape index (κ1) is 11.6. The van der Waals surface area contributed by atoms with Crippen LogP contribution in [0.1, 0.15) is 24.7 Å². The molecule has 5 nitrogen and oxygen atoms in total. The Morgan fingerprint density at radius 2 is 2.12 bits per heavy atom. The number of hydrogen-bond donors (Lipinski definition) is 1. The van der Waals surface area contributed by atoms with Crippen molar-refractivity contribution in [1.82, 2.24) is 19.7 Å². The Labute approximate surface area is 101 Å². The van der Waals surface area contributed by atoms with Crippen molar-refractivity contribution in [1.29, 1.82) is 0 Å². The standard InChI is InChI=1S/C12H17N5/c1-4-5-10-15-11(8(2)12(13)16-10)9-6-7-14-17(9)3/h6-7H,4-5H2,1-3H3,(H2,13,15,16). The third-order valence-corrected chi connectivity index (χ3v) is 2.77. The molecule has 2 aromatic rings. The highest BCUT2D eigenvalue weighted by Gasteiger charge is 2.12. The second-order valence-electron chi connectivity index (χ2n) is 4.09. The number of aryl methyl sites for hydroxylation is 2. The zero-order chi connectivity index (χ0) is 12.4. The van der Waals surface area contributed by atoms with Gasteiger partial charge < -0.3 is 5.73 Å². The Morgan fingerprint density at radius 1 is 1.35 bits per heavy atom. The fourth-order valence-corrected chi connectivity index (χ4v) is 1.77. The van der Waals surface area contributed by atoms with Crippen LogP contribution >= 0.6 is 0 Å². The Morgan fingerprint density at radius 3 is 2.71 bits per heavy atom. The second-order valence-corrected chi connectivity index (χ2v) is 4.09. The predicted molar refractivity (Wildman–Crippen MR) is 67.4 cm³/mol. The van der Waals surface area contributed by atoms with Crippen LogP contribution in [0.5, 0.6) is 0 Å². The molecule has 0 aliphatic rings. The fourth-order valence-electron chi connectivity index (χ4n) is 1.77. The van der Waals surface area contributed by atoms with Gasteiger partial charge in [-0.05, 0) is 19.4 Å². The van der Waals surface area contributed by atoms with Gasteiger partial charge in [-0.25, -0.2) is 9.97 Å². The summed E-state index contributed by atoms with van der Waals surface area (Å²) in [6, 6.07) is 1.94. The van der Waals surface area contributed by atoms with E-state index >= 15 is 0 Å². The zero-order valence-corrected chi connectivity index (χ0v) is 10.4. The smallest absolute Gasteiger partial charge is 0.131 e. The lowest BCUT2D eigenvalue weighted by Gasteiger charge is -2.09. The summed E-state index contributed by atoms with van der Waals surface area (Å²) < 4.78 is 1.80. The van der Waals surface area contributed by atoms with Crippen molar-refractivity contribution in [3.63, 3.8) is 0 Å². The first-order valence-corrected chi connectivity index (χ1v) is 5.74. The molecule has 0 atom stereocenters. The minimum Gasteiger partial charge on any atom is -0.383 e. The third-order valence-electron chi connectivity index (χ3n) is 2.77. The lowest BCUT2D eigenvalue weighted by atomic mass is 10.1. The monoisotopic (exact) mass is 231 g/mol. The van der Waals surface area contributed by atoms with E-state index in [9.17, 15) is 0 Å². The van der Waals surface area contributed by atoms with Crippen LogP contribution in [0.15, 0.2) is 12.3 Å². The molecule has 0 aliphatic carbocycles. The normalized spacial score (nSPS) is 10.8. The fraction of sp³-hybridized carbons (Fsp3) is 0.417. The SMILES string of the molecule is CCCc1nc(N)c(C)c(-c2ccnn2C)n1. The van der Waals surface area contributed by atoms with Gasteiger partial charge in [0.15, 0.2) is 0 Å². The van der Waals surface area contributed by atoms with E-state index < -0.39 is 0 Å². The minimum absolute atomic E-state index is 0.555. The Kier molecular flexibility index (Phi) is 3.08. The van der Waals surface area contributed by atoms with Gasteiger partial charge in [0, 0.05) is 25.2 Å². The lowest BCUT2D eigenvalue weighted by molar-refractivity contribution is 0.767. The molecule has 2 heterocycles. The van der Waals surface area contributed by atoms with E-state index in [2.05, 4.69) is 22.0 Å². The van der Waals surface area contributed by atoms with E-state index in [1.54, 1.807) is 10.9 Å². The third kappa shape index (κ3) is 2.13. The van der Waals surface area contributed by atoms with Gasteiger partial charge in [-0.15, -0.1) is 0 Å². The molecule has 17 heavy (non-hydrogen) atoms. The molecule has 2 N–H and O–H groups in total. The Hall–Kier alpha value is -1.91. The van der Waals surface area contributed by atoms with Gasteiger partial charge in [-0.3, -0.25) is 4.68 Å². The van der Waals surface area contributed by atoms with Crippen LogP contribution in [0, 0.1) is 6.92 Å². The van der Waals surface area contributed by atoms with E-state index in [0.29, 0.717) is 5.82 Å². The number of rotatable bonds is 3. The Bertz CT molecular complexity index is 530. The molecule has 2 aromatic heterocycles. The van der Waals surface area contributed by atoms with Crippen LogP contribution in [0.25, 0.3) is 11.4 Å². The summed E-state index contributed by atoms with van der Waals surface area (Å²) in [6.07, 6.45) is 3.61. The molecule has 0 fully saturated rings. The van der Waals surface area contributed by atoms with Gasteiger partial charge in [0.25, 0.3) is 0 Å². The number of nitrogens with two attached hydrogens (primary N) is 1. The quantitative estimate of drug-likeness (QED) is 0.873. The largest absolute Gasteiger partial charge is 0.383 e. The number of hydrogen-bond acceptors (Lipinski definition) is 4. The van der Waals surface area contributed by atoms with Crippen molar-refractivity contribution in [2.45, 2.75) is 26.7 Å².